The Kier molecular flexibility index (Phi) is 5.75. The van der Waals surface area contributed by atoms with E-state index in [0.29, 0.717) is 6.92 Å². The second-order valence-corrected chi connectivity index (χ2v) is 3.69. The van der Waals surface area contributed by atoms with Gasteiger partial charge in [0.2, 0.25) is 11.4 Å². The van der Waals surface area contributed by atoms with Gasteiger partial charge in [0.25, 0.3) is 0 Å². The molecule has 4 N–H and O–H groups in total. The molecule has 19 heavy (non-hydrogen) atoms. The second-order valence-electron chi connectivity index (χ2n) is 3.69. The number of urea groups is 1. The third-order valence-corrected chi connectivity index (χ3v) is 2.19. The summed E-state index contributed by atoms with van der Waals surface area (Å²) in [6, 6.07) is -0.877. The molecule has 0 saturated heterocycles. The van der Waals surface area contributed by atoms with Gasteiger partial charge in [0.05, 0.1) is 6.54 Å². The summed E-state index contributed by atoms with van der Waals surface area (Å²) in [7, 11) is 0. The fourth-order valence-electron chi connectivity index (χ4n) is 0.930. The number of carbonyl (C=O) groups is 3. The van der Waals surface area contributed by atoms with E-state index in [1.807, 2.05) is 0 Å². The molecule has 10 heteroatoms. The highest BCUT2D eigenvalue weighted by molar-refractivity contribution is 5.95. The van der Waals surface area contributed by atoms with Crippen molar-refractivity contribution in [2.45, 2.75) is 25.6 Å². The summed E-state index contributed by atoms with van der Waals surface area (Å²) in [4.78, 5) is 32.6. The summed E-state index contributed by atoms with van der Waals surface area (Å²) in [5.41, 5.74) is -3.27. The van der Waals surface area contributed by atoms with Crippen LogP contribution in [0.2, 0.25) is 0 Å². The number of imide groups is 1. The maximum Gasteiger partial charge on any atom is 0.417 e. The summed E-state index contributed by atoms with van der Waals surface area (Å²) in [6.45, 7) is 1.21. The first-order chi connectivity index (χ1) is 8.54. The number of halogens is 3. The van der Waals surface area contributed by atoms with Crippen LogP contribution >= 0.6 is 0 Å². The minimum absolute atomic E-state index is 0.224. The van der Waals surface area contributed by atoms with Crippen molar-refractivity contribution in [1.82, 2.24) is 16.0 Å². The molecule has 0 rings (SSSR count). The summed E-state index contributed by atoms with van der Waals surface area (Å²) in [5, 5.41) is 14.0. The molecule has 0 fully saturated rings. The van der Waals surface area contributed by atoms with E-state index < -0.39 is 36.2 Å². The zero-order valence-corrected chi connectivity index (χ0v) is 10.2. The maximum atomic E-state index is 12.5. The fourth-order valence-corrected chi connectivity index (χ4v) is 0.930. The van der Waals surface area contributed by atoms with Gasteiger partial charge in [-0.25, -0.2) is 9.59 Å². The van der Waals surface area contributed by atoms with E-state index in [9.17, 15) is 27.6 Å². The molecule has 7 nitrogen and oxygen atoms in total. The largest absolute Gasteiger partial charge is 0.480 e. The average Bonchev–Trinajstić information content (AvgIpc) is 2.24. The zero-order chi connectivity index (χ0) is 15.3. The fraction of sp³-hybridized carbons (Fsp3) is 0.667. The molecule has 0 aromatic heterocycles. The molecule has 0 radical (unpaired) electrons. The van der Waals surface area contributed by atoms with Crippen LogP contribution in [0, 0.1) is 0 Å². The Morgan fingerprint density at radius 1 is 1.21 bits per heavy atom. The predicted octanol–water partition coefficient (Wildman–Crippen LogP) is -0.173. The van der Waals surface area contributed by atoms with Gasteiger partial charge in [-0.3, -0.25) is 15.4 Å². The van der Waals surface area contributed by atoms with Gasteiger partial charge in [-0.15, -0.1) is 0 Å². The Hall–Kier alpha value is -1.84. The molecule has 3 amide bonds. The van der Waals surface area contributed by atoms with E-state index in [1.165, 1.54) is 0 Å². The van der Waals surface area contributed by atoms with Gasteiger partial charge < -0.3 is 10.4 Å². The first kappa shape index (κ1) is 17.2. The average molecular weight is 285 g/mol. The predicted molar refractivity (Wildman–Crippen MR) is 57.3 cm³/mol. The molecule has 0 bridgehead atoms. The highest BCUT2D eigenvalue weighted by Gasteiger charge is 2.57. The summed E-state index contributed by atoms with van der Waals surface area (Å²) in [6.07, 6.45) is -5.09. The van der Waals surface area contributed by atoms with Crippen LogP contribution in [0.15, 0.2) is 0 Å². The molecule has 0 aliphatic rings. The van der Waals surface area contributed by atoms with Crippen LogP contribution in [0.1, 0.15) is 13.8 Å². The summed E-state index contributed by atoms with van der Waals surface area (Å²) >= 11 is 0. The molecule has 1 unspecified atom stereocenters. The second kappa shape index (κ2) is 6.36. The van der Waals surface area contributed by atoms with E-state index in [2.05, 4.69) is 5.32 Å². The third-order valence-electron chi connectivity index (χ3n) is 2.19. The van der Waals surface area contributed by atoms with Crippen LogP contribution in [0.3, 0.4) is 0 Å². The number of hydrogen-bond donors (Lipinski definition) is 4. The van der Waals surface area contributed by atoms with Crippen molar-refractivity contribution < 1.29 is 32.7 Å². The van der Waals surface area contributed by atoms with Crippen molar-refractivity contribution in [3.63, 3.8) is 0 Å². The summed E-state index contributed by atoms with van der Waals surface area (Å²) in [5.74, 6) is -3.26. The topological polar surface area (TPSA) is 108 Å². The van der Waals surface area contributed by atoms with Crippen molar-refractivity contribution >= 4 is 17.9 Å². The van der Waals surface area contributed by atoms with Crippen molar-refractivity contribution in [2.75, 3.05) is 13.1 Å². The monoisotopic (exact) mass is 285 g/mol. The highest BCUT2D eigenvalue weighted by Crippen LogP contribution is 2.30. The first-order valence-corrected chi connectivity index (χ1v) is 5.17. The van der Waals surface area contributed by atoms with E-state index in [1.54, 1.807) is 17.6 Å². The lowest BCUT2D eigenvalue weighted by Crippen LogP contribution is -2.62. The van der Waals surface area contributed by atoms with Gasteiger partial charge in [0, 0.05) is 6.54 Å². The van der Waals surface area contributed by atoms with Crippen molar-refractivity contribution in [2.24, 2.45) is 0 Å². The van der Waals surface area contributed by atoms with E-state index >= 15 is 0 Å². The molecular weight excluding hydrogens is 271 g/mol. The number of alkyl halides is 3. The Labute approximate surface area is 106 Å². The van der Waals surface area contributed by atoms with Crippen LogP contribution in [-0.4, -0.2) is 47.8 Å². The van der Waals surface area contributed by atoms with E-state index in [-0.39, 0.29) is 6.54 Å². The van der Waals surface area contributed by atoms with Crippen LogP contribution in [0.4, 0.5) is 18.0 Å². The number of hydrogen-bond acceptors (Lipinski definition) is 4. The Morgan fingerprint density at radius 3 is 2.11 bits per heavy atom. The van der Waals surface area contributed by atoms with Crippen molar-refractivity contribution in [1.29, 1.82) is 0 Å². The lowest BCUT2D eigenvalue weighted by Gasteiger charge is -2.28. The van der Waals surface area contributed by atoms with Gasteiger partial charge in [-0.1, -0.05) is 0 Å². The van der Waals surface area contributed by atoms with Crippen LogP contribution in [0.5, 0.6) is 0 Å². The Bertz CT molecular complexity index is 372. The SMILES string of the molecule is CCNC(=O)NC(=O)CNC(C)(C(=O)O)C(F)(F)F. The molecule has 1 atom stereocenters. The van der Waals surface area contributed by atoms with Crippen LogP contribution in [0.25, 0.3) is 0 Å². The number of carboxylic acids is 1. The normalized spacial score (nSPS) is 14.4. The zero-order valence-electron chi connectivity index (χ0n) is 10.2. The minimum atomic E-state index is -5.09. The molecule has 0 aromatic carbocycles. The number of rotatable bonds is 5. The lowest BCUT2D eigenvalue weighted by atomic mass is 10.0. The van der Waals surface area contributed by atoms with E-state index in [4.69, 9.17) is 5.11 Å². The van der Waals surface area contributed by atoms with E-state index in [0.717, 1.165) is 0 Å². The first-order valence-electron chi connectivity index (χ1n) is 5.17. The Balaban J connectivity index is 4.55. The summed E-state index contributed by atoms with van der Waals surface area (Å²) < 4.78 is 37.6. The number of amides is 3. The van der Waals surface area contributed by atoms with Gasteiger partial charge in [-0.2, -0.15) is 13.2 Å². The molecule has 0 heterocycles. The molecular formula is C9H14F3N3O4. The van der Waals surface area contributed by atoms with Gasteiger partial charge in [0.1, 0.15) is 0 Å². The third kappa shape index (κ3) is 4.73. The number of carbonyl (C=O) groups excluding carboxylic acids is 2. The molecule has 0 aromatic rings. The number of aliphatic carboxylic acids is 1. The maximum absolute atomic E-state index is 12.5. The number of nitrogens with one attached hydrogen (secondary N) is 3. The smallest absolute Gasteiger partial charge is 0.417 e. The molecule has 0 aliphatic heterocycles. The van der Waals surface area contributed by atoms with Crippen molar-refractivity contribution in [3.05, 3.63) is 0 Å². The van der Waals surface area contributed by atoms with Crippen molar-refractivity contribution in [3.8, 4) is 0 Å². The standard InChI is InChI=1S/C9H14F3N3O4/c1-3-13-7(19)15-5(16)4-14-8(2,6(17)18)9(10,11)12/h14H,3-4H2,1-2H3,(H,17,18)(H2,13,15,16,19). The van der Waals surface area contributed by atoms with Crippen LogP contribution < -0.4 is 16.0 Å². The number of carboxylic acid groups (broad SMARTS) is 1. The molecule has 0 saturated carbocycles. The molecule has 0 aliphatic carbocycles. The molecule has 0 spiro atoms. The lowest BCUT2D eigenvalue weighted by molar-refractivity contribution is -0.205. The quantitative estimate of drug-likeness (QED) is 0.561. The highest BCUT2D eigenvalue weighted by atomic mass is 19.4. The Morgan fingerprint density at radius 2 is 1.74 bits per heavy atom. The van der Waals surface area contributed by atoms with Crippen LogP contribution in [-0.2, 0) is 9.59 Å². The van der Waals surface area contributed by atoms with Gasteiger partial charge >= 0.3 is 18.2 Å². The van der Waals surface area contributed by atoms with Gasteiger partial charge in [0.15, 0.2) is 0 Å². The molecule has 110 valence electrons. The van der Waals surface area contributed by atoms with Gasteiger partial charge in [-0.05, 0) is 13.8 Å². The minimum Gasteiger partial charge on any atom is -0.480 e.